The fourth-order valence-corrected chi connectivity index (χ4v) is 6.57. The summed E-state index contributed by atoms with van der Waals surface area (Å²) in [6, 6.07) is 0.240. The van der Waals surface area contributed by atoms with Crippen molar-refractivity contribution < 1.29 is 38.1 Å². The lowest BCUT2D eigenvalue weighted by Crippen LogP contribution is -2.46. The number of nitrogens with zero attached hydrogens (tertiary/aromatic N) is 2. The summed E-state index contributed by atoms with van der Waals surface area (Å²) >= 11 is 0. The highest BCUT2D eigenvalue weighted by Gasteiger charge is 2.49. The minimum Gasteiger partial charge on any atom is -0.459 e. The number of hydrogen-bond acceptors (Lipinski definition) is 10. The Morgan fingerprint density at radius 2 is 1.00 bits per heavy atom. The summed E-state index contributed by atoms with van der Waals surface area (Å²) in [5.41, 5.74) is 1.32. The quantitative estimate of drug-likeness (QED) is 0.244. The largest absolute Gasteiger partial charge is 0.459 e. The number of piperidine rings is 2. The number of hydrogen-bond donors (Lipinski definition) is 0. The summed E-state index contributed by atoms with van der Waals surface area (Å²) in [4.78, 5) is 54.6. The van der Waals surface area contributed by atoms with Gasteiger partial charge in [-0.1, -0.05) is 12.2 Å². The molecule has 41 heavy (non-hydrogen) atoms. The molecule has 0 aromatic rings. The molecule has 4 rings (SSSR count). The van der Waals surface area contributed by atoms with Crippen molar-refractivity contribution in [2.24, 2.45) is 0 Å². The van der Waals surface area contributed by atoms with Gasteiger partial charge in [0.05, 0.1) is 12.1 Å². The molecule has 4 bridgehead atoms. The summed E-state index contributed by atoms with van der Waals surface area (Å²) < 4.78 is 23.0. The highest BCUT2D eigenvalue weighted by atomic mass is 16.6. The molecular formula is C31H44N2O8. The topological polar surface area (TPSA) is 112 Å². The zero-order valence-electron chi connectivity index (χ0n) is 25.3. The second-order valence-corrected chi connectivity index (χ2v) is 11.9. The van der Waals surface area contributed by atoms with Gasteiger partial charge < -0.3 is 18.9 Å². The molecule has 0 spiro atoms. The Hall–Kier alpha value is -2.98. The minimum atomic E-state index is -0.582. The maximum Gasteiger partial charge on any atom is 0.334 e. The van der Waals surface area contributed by atoms with Gasteiger partial charge in [0.25, 0.3) is 0 Å². The van der Waals surface area contributed by atoms with Crippen molar-refractivity contribution in [3.63, 3.8) is 0 Å². The second-order valence-electron chi connectivity index (χ2n) is 11.9. The Morgan fingerprint density at radius 1 is 0.585 bits per heavy atom. The second kappa shape index (κ2) is 12.9. The third kappa shape index (κ3) is 6.92. The fraction of sp³-hybridized carbons (Fsp3) is 0.677. The van der Waals surface area contributed by atoms with Crippen LogP contribution in [0.25, 0.3) is 0 Å². The monoisotopic (exact) mass is 572 g/mol. The molecule has 0 amide bonds. The molecule has 8 unspecified atom stereocenters. The first-order valence-corrected chi connectivity index (χ1v) is 14.6. The molecule has 0 N–H and O–H groups in total. The van der Waals surface area contributed by atoms with Crippen LogP contribution < -0.4 is 0 Å². The normalized spacial score (nSPS) is 34.3. The van der Waals surface area contributed by atoms with Crippen molar-refractivity contribution >= 4 is 23.9 Å². The number of rotatable bonds is 8. The summed E-state index contributed by atoms with van der Waals surface area (Å²) in [7, 11) is 4.02. The number of carbonyl (C=O) groups is 4. The number of esters is 4. The highest BCUT2D eigenvalue weighted by molar-refractivity contribution is 5.96. The van der Waals surface area contributed by atoms with Gasteiger partial charge >= 0.3 is 23.9 Å². The van der Waals surface area contributed by atoms with Gasteiger partial charge in [-0.3, -0.25) is 9.80 Å². The van der Waals surface area contributed by atoms with Crippen LogP contribution in [0.4, 0.5) is 0 Å². The lowest BCUT2D eigenvalue weighted by molar-refractivity contribution is -0.152. The molecule has 0 radical (unpaired) electrons. The molecule has 0 aromatic heterocycles. The lowest BCUT2D eigenvalue weighted by Gasteiger charge is -2.36. The van der Waals surface area contributed by atoms with Gasteiger partial charge in [-0.25, -0.2) is 19.2 Å². The first-order valence-electron chi connectivity index (χ1n) is 14.6. The van der Waals surface area contributed by atoms with E-state index in [0.717, 1.165) is 0 Å². The first-order chi connectivity index (χ1) is 19.4. The molecule has 10 heteroatoms. The van der Waals surface area contributed by atoms with Crippen LogP contribution in [0.15, 0.2) is 34.9 Å². The van der Waals surface area contributed by atoms with Crippen LogP contribution in [-0.2, 0) is 38.1 Å². The van der Waals surface area contributed by atoms with Crippen molar-refractivity contribution in [3.05, 3.63) is 34.9 Å². The van der Waals surface area contributed by atoms with Gasteiger partial charge in [0, 0.05) is 73.4 Å². The van der Waals surface area contributed by atoms with Crippen LogP contribution >= 0.6 is 0 Å². The predicted octanol–water partition coefficient (Wildman–Crippen LogP) is 3.25. The Labute approximate surface area is 242 Å². The number of likely N-dealkylation sites (N-methyl/N-ethyl adjacent to an activating group) is 2. The molecule has 226 valence electrons. The lowest BCUT2D eigenvalue weighted by atomic mass is 10.00. The molecular weight excluding hydrogens is 528 g/mol. The van der Waals surface area contributed by atoms with Crippen LogP contribution in [0, 0.1) is 0 Å². The smallest absolute Gasteiger partial charge is 0.334 e. The van der Waals surface area contributed by atoms with E-state index in [1.54, 1.807) is 46.8 Å². The zero-order valence-corrected chi connectivity index (χ0v) is 25.3. The Bertz CT molecular complexity index is 1140. The van der Waals surface area contributed by atoms with Crippen molar-refractivity contribution in [1.82, 2.24) is 9.80 Å². The first kappa shape index (κ1) is 31.0. The van der Waals surface area contributed by atoms with E-state index >= 15 is 0 Å². The average molecular weight is 573 g/mol. The SMILES string of the molecule is CC=C(C)C(=O)OC1CC2CC(OC(=O)C=C(C)C(=O)OC3CC4CC(OC(=O)C(C)=CC)C(C3)N4C)CC1N2C. The molecule has 10 nitrogen and oxygen atoms in total. The van der Waals surface area contributed by atoms with Crippen LogP contribution in [0.5, 0.6) is 0 Å². The average Bonchev–Trinajstić information content (AvgIpc) is 3.19. The van der Waals surface area contributed by atoms with Gasteiger partial charge in [-0.15, -0.1) is 0 Å². The van der Waals surface area contributed by atoms with Gasteiger partial charge in [0.1, 0.15) is 24.4 Å². The van der Waals surface area contributed by atoms with Crippen LogP contribution in [0.1, 0.15) is 73.1 Å². The van der Waals surface area contributed by atoms with Crippen molar-refractivity contribution in [2.75, 3.05) is 14.1 Å². The van der Waals surface area contributed by atoms with E-state index in [4.69, 9.17) is 18.9 Å². The van der Waals surface area contributed by atoms with E-state index in [1.165, 1.54) is 6.08 Å². The van der Waals surface area contributed by atoms with E-state index in [-0.39, 0.29) is 66.1 Å². The molecule has 4 aliphatic rings. The van der Waals surface area contributed by atoms with E-state index in [1.807, 2.05) is 14.1 Å². The molecule has 4 heterocycles. The van der Waals surface area contributed by atoms with Crippen LogP contribution in [0.2, 0.25) is 0 Å². The van der Waals surface area contributed by atoms with E-state index in [9.17, 15) is 19.2 Å². The maximum atomic E-state index is 12.9. The molecule has 4 fully saturated rings. The zero-order chi connectivity index (χ0) is 30.0. The fourth-order valence-electron chi connectivity index (χ4n) is 6.57. The summed E-state index contributed by atoms with van der Waals surface area (Å²) in [6.07, 6.45) is 7.32. The molecule has 4 saturated heterocycles. The van der Waals surface area contributed by atoms with Crippen molar-refractivity contribution in [2.45, 2.75) is 122 Å². The standard InChI is InChI=1S/C31H44N2O8/c1-8-17(3)29(35)40-26-13-20-11-22(15-24(26)32(20)6)38-28(34)10-19(5)31(37)39-23-12-21-14-27(25(16-23)33(21)7)41-30(36)18(4)9-2/h8-10,20-27H,11-16H2,1-7H3. The Balaban J connectivity index is 1.28. The van der Waals surface area contributed by atoms with E-state index in [0.29, 0.717) is 49.7 Å². The summed E-state index contributed by atoms with van der Waals surface area (Å²) in [5.74, 6) is -1.77. The summed E-state index contributed by atoms with van der Waals surface area (Å²) in [6.45, 7) is 8.62. The molecule has 0 aromatic carbocycles. The number of carbonyl (C=O) groups excluding carboxylic acids is 4. The van der Waals surface area contributed by atoms with Gasteiger partial charge in [-0.2, -0.15) is 0 Å². The third-order valence-corrected chi connectivity index (χ3v) is 9.38. The van der Waals surface area contributed by atoms with Gasteiger partial charge in [0.15, 0.2) is 0 Å². The van der Waals surface area contributed by atoms with Crippen molar-refractivity contribution in [3.8, 4) is 0 Å². The number of allylic oxidation sites excluding steroid dienone is 2. The maximum absolute atomic E-state index is 12.9. The van der Waals surface area contributed by atoms with Crippen LogP contribution in [0.3, 0.4) is 0 Å². The van der Waals surface area contributed by atoms with E-state index in [2.05, 4.69) is 9.80 Å². The Kier molecular flexibility index (Phi) is 9.74. The predicted molar refractivity (Wildman–Crippen MR) is 151 cm³/mol. The van der Waals surface area contributed by atoms with Crippen LogP contribution in [-0.4, -0.2) is 96.4 Å². The number of fused-ring (bicyclic) bond motifs is 4. The summed E-state index contributed by atoms with van der Waals surface area (Å²) in [5, 5.41) is 0. The molecule has 8 atom stereocenters. The van der Waals surface area contributed by atoms with E-state index < -0.39 is 11.9 Å². The molecule has 4 aliphatic heterocycles. The van der Waals surface area contributed by atoms with Crippen molar-refractivity contribution in [1.29, 1.82) is 0 Å². The highest BCUT2D eigenvalue weighted by Crippen LogP contribution is 2.39. The molecule has 0 saturated carbocycles. The third-order valence-electron chi connectivity index (χ3n) is 9.38. The van der Waals surface area contributed by atoms with Gasteiger partial charge in [-0.05, 0) is 48.7 Å². The van der Waals surface area contributed by atoms with Gasteiger partial charge in [0.2, 0.25) is 0 Å². The molecule has 0 aliphatic carbocycles. The Morgan fingerprint density at radius 3 is 1.44 bits per heavy atom. The number of ether oxygens (including phenoxy) is 4. The minimum absolute atomic E-state index is 0.0278.